The number of hydrogen-bond donors (Lipinski definition) is 6. The van der Waals surface area contributed by atoms with Gasteiger partial charge in [0.05, 0.1) is 12.8 Å². The second-order valence-electron chi connectivity index (χ2n) is 7.14. The summed E-state index contributed by atoms with van der Waals surface area (Å²) in [5.41, 5.74) is 8.35. The van der Waals surface area contributed by atoms with E-state index >= 15 is 0 Å². The van der Waals surface area contributed by atoms with E-state index in [4.69, 9.17) is 19.9 Å². The van der Waals surface area contributed by atoms with Gasteiger partial charge in [-0.15, -0.1) is 0 Å². The largest absolute Gasteiger partial charge is 0.454 e. The van der Waals surface area contributed by atoms with Gasteiger partial charge in [-0.3, -0.25) is 14.3 Å². The van der Waals surface area contributed by atoms with Crippen molar-refractivity contribution < 1.29 is 29.5 Å². The second-order valence-corrected chi connectivity index (χ2v) is 7.14. The van der Waals surface area contributed by atoms with Crippen LogP contribution < -0.4 is 26.2 Å². The van der Waals surface area contributed by atoms with E-state index < -0.39 is 36.7 Å². The molecule has 14 nitrogen and oxygen atoms in total. The molecule has 0 radical (unpaired) electrons. The van der Waals surface area contributed by atoms with Crippen LogP contribution in [-0.4, -0.2) is 72.8 Å². The molecule has 0 spiro atoms. The Morgan fingerprint density at radius 2 is 2.09 bits per heavy atom. The highest BCUT2D eigenvalue weighted by Gasteiger charge is 2.45. The molecule has 4 unspecified atom stereocenters. The summed E-state index contributed by atoms with van der Waals surface area (Å²) in [4.78, 5) is 22.9. The van der Waals surface area contributed by atoms with Crippen LogP contribution in [0.15, 0.2) is 28.1 Å². The summed E-state index contributed by atoms with van der Waals surface area (Å²) >= 11 is 0. The van der Waals surface area contributed by atoms with Gasteiger partial charge in [-0.2, -0.15) is 10.1 Å². The molecule has 14 heteroatoms. The average Bonchev–Trinajstić information content (AvgIpc) is 3.45. The lowest BCUT2D eigenvalue weighted by Gasteiger charge is -2.18. The highest BCUT2D eigenvalue weighted by molar-refractivity contribution is 5.82. The Balaban J connectivity index is 1.52. The van der Waals surface area contributed by atoms with Gasteiger partial charge in [0, 0.05) is 0 Å². The van der Waals surface area contributed by atoms with Crippen molar-refractivity contribution in [2.45, 2.75) is 24.5 Å². The Morgan fingerprint density at radius 1 is 1.28 bits per heavy atom. The number of hydrogen-bond acceptors (Lipinski definition) is 12. The molecular formula is C18H19N7O7. The molecule has 168 valence electrons. The zero-order valence-corrected chi connectivity index (χ0v) is 16.4. The van der Waals surface area contributed by atoms with Crippen molar-refractivity contribution in [2.24, 2.45) is 5.10 Å². The molecule has 1 saturated heterocycles. The number of rotatable bonds is 5. The Hall–Kier alpha value is -3.72. The maximum atomic E-state index is 12.3. The summed E-state index contributed by atoms with van der Waals surface area (Å²) in [6, 6.07) is 5.24. The molecule has 7 N–H and O–H groups in total. The number of nitrogen functional groups attached to an aromatic ring is 1. The van der Waals surface area contributed by atoms with Crippen LogP contribution >= 0.6 is 0 Å². The topological polar surface area (TPSA) is 202 Å². The Labute approximate surface area is 178 Å². The lowest BCUT2D eigenvalue weighted by molar-refractivity contribution is -0.0501. The molecule has 0 bridgehead atoms. The van der Waals surface area contributed by atoms with Crippen LogP contribution in [0.2, 0.25) is 0 Å². The molecule has 0 amide bonds. The maximum absolute atomic E-state index is 12.3. The highest BCUT2D eigenvalue weighted by Crippen LogP contribution is 2.34. The number of aromatic amines is 1. The molecule has 1 aromatic carbocycles. The van der Waals surface area contributed by atoms with Gasteiger partial charge in [-0.25, -0.2) is 10.4 Å². The molecule has 3 aromatic rings. The Bertz CT molecular complexity index is 1260. The van der Waals surface area contributed by atoms with Crippen LogP contribution in [0.3, 0.4) is 0 Å². The fourth-order valence-corrected chi connectivity index (χ4v) is 3.57. The third kappa shape index (κ3) is 3.31. The summed E-state index contributed by atoms with van der Waals surface area (Å²) in [5, 5.41) is 34.2. The molecule has 0 saturated carbocycles. The van der Waals surface area contributed by atoms with Crippen molar-refractivity contribution in [3.05, 3.63) is 34.1 Å². The fourth-order valence-electron chi connectivity index (χ4n) is 3.57. The lowest BCUT2D eigenvalue weighted by atomic mass is 10.1. The number of hydrazone groups is 1. The number of benzene rings is 1. The van der Waals surface area contributed by atoms with Gasteiger partial charge in [0.15, 0.2) is 28.9 Å². The van der Waals surface area contributed by atoms with Gasteiger partial charge in [0.1, 0.15) is 18.3 Å². The molecular weight excluding hydrogens is 426 g/mol. The van der Waals surface area contributed by atoms with Crippen molar-refractivity contribution >= 4 is 29.3 Å². The summed E-state index contributed by atoms with van der Waals surface area (Å²) < 4.78 is 17.4. The second kappa shape index (κ2) is 7.76. The van der Waals surface area contributed by atoms with Gasteiger partial charge >= 0.3 is 0 Å². The Kier molecular flexibility index (Phi) is 4.90. The van der Waals surface area contributed by atoms with Crippen LogP contribution in [0.4, 0.5) is 11.9 Å². The number of anilines is 2. The standard InChI is InChI=1S/C18H19N7O7/c19-17-22-14-11(15(29)23-17)21-18(25(14)16-13(28)12(27)10(5-26)32-16)24-20-4-7-1-2-8-9(3-7)31-6-30-8/h1-4,10,12-13,16,26-28H,5-6H2,(H,21,24)(H3,19,22,23,29)/b20-4+. The summed E-state index contributed by atoms with van der Waals surface area (Å²) in [5.74, 6) is 1.03. The van der Waals surface area contributed by atoms with Crippen molar-refractivity contribution in [1.29, 1.82) is 0 Å². The lowest BCUT2D eigenvalue weighted by Crippen LogP contribution is -2.33. The molecule has 32 heavy (non-hydrogen) atoms. The van der Waals surface area contributed by atoms with E-state index in [0.29, 0.717) is 17.1 Å². The number of nitrogens with two attached hydrogens (primary N) is 1. The number of imidazole rings is 1. The van der Waals surface area contributed by atoms with E-state index in [-0.39, 0.29) is 29.9 Å². The zero-order chi connectivity index (χ0) is 22.4. The smallest absolute Gasteiger partial charge is 0.280 e. The number of nitrogens with zero attached hydrogens (tertiary/aromatic N) is 4. The van der Waals surface area contributed by atoms with Gasteiger partial charge in [-0.05, 0) is 23.8 Å². The predicted octanol–water partition coefficient (Wildman–Crippen LogP) is -1.51. The number of aromatic nitrogens is 4. The van der Waals surface area contributed by atoms with E-state index in [1.807, 2.05) is 0 Å². The summed E-state index contributed by atoms with van der Waals surface area (Å²) in [6.07, 6.45) is -3.59. The van der Waals surface area contributed by atoms with Crippen LogP contribution in [0.25, 0.3) is 11.2 Å². The molecule has 0 aliphatic carbocycles. The Morgan fingerprint density at radius 3 is 2.88 bits per heavy atom. The fraction of sp³-hybridized carbons (Fsp3) is 0.333. The first-order valence-corrected chi connectivity index (χ1v) is 9.55. The van der Waals surface area contributed by atoms with Crippen molar-refractivity contribution in [2.75, 3.05) is 24.6 Å². The summed E-state index contributed by atoms with van der Waals surface area (Å²) in [7, 11) is 0. The van der Waals surface area contributed by atoms with E-state index in [9.17, 15) is 20.1 Å². The summed E-state index contributed by atoms with van der Waals surface area (Å²) in [6.45, 7) is -0.379. The molecule has 5 rings (SSSR count). The van der Waals surface area contributed by atoms with Gasteiger partial charge in [0.25, 0.3) is 5.56 Å². The molecule has 2 aliphatic heterocycles. The van der Waals surface area contributed by atoms with E-state index in [2.05, 4.69) is 25.5 Å². The predicted molar refractivity (Wildman–Crippen MR) is 109 cm³/mol. The minimum atomic E-state index is -1.44. The van der Waals surface area contributed by atoms with Crippen molar-refractivity contribution in [1.82, 2.24) is 19.5 Å². The number of ether oxygens (including phenoxy) is 3. The van der Waals surface area contributed by atoms with Crippen LogP contribution in [0, 0.1) is 0 Å². The van der Waals surface area contributed by atoms with E-state index in [1.165, 1.54) is 10.8 Å². The maximum Gasteiger partial charge on any atom is 0.280 e. The first-order chi connectivity index (χ1) is 15.5. The van der Waals surface area contributed by atoms with Gasteiger partial charge in [-0.1, -0.05) is 0 Å². The average molecular weight is 445 g/mol. The number of aliphatic hydroxyl groups is 3. The minimum absolute atomic E-state index is 0.00173. The highest BCUT2D eigenvalue weighted by atomic mass is 16.7. The molecule has 4 heterocycles. The number of fused-ring (bicyclic) bond motifs is 2. The van der Waals surface area contributed by atoms with Crippen molar-refractivity contribution in [3.8, 4) is 11.5 Å². The van der Waals surface area contributed by atoms with Crippen LogP contribution in [0.1, 0.15) is 11.8 Å². The van der Waals surface area contributed by atoms with Gasteiger partial charge in [0.2, 0.25) is 18.7 Å². The third-order valence-corrected chi connectivity index (χ3v) is 5.12. The quantitative estimate of drug-likeness (QED) is 0.197. The van der Waals surface area contributed by atoms with Crippen LogP contribution in [-0.2, 0) is 4.74 Å². The first-order valence-electron chi connectivity index (χ1n) is 9.55. The normalized spacial score (nSPS) is 24.6. The molecule has 2 aliphatic rings. The number of aliphatic hydroxyl groups excluding tert-OH is 3. The minimum Gasteiger partial charge on any atom is -0.454 e. The zero-order valence-electron chi connectivity index (χ0n) is 16.4. The first kappa shape index (κ1) is 20.2. The molecule has 4 atom stereocenters. The van der Waals surface area contributed by atoms with E-state index in [1.54, 1.807) is 18.2 Å². The third-order valence-electron chi connectivity index (χ3n) is 5.12. The number of H-pyrrole nitrogens is 1. The van der Waals surface area contributed by atoms with Crippen molar-refractivity contribution in [3.63, 3.8) is 0 Å². The SMILES string of the molecule is Nc1nc2c(nc(N/N=C/c3ccc4c(c3)OCO4)n2C2OC(CO)C(O)C2O)c(=O)[nH]1. The monoisotopic (exact) mass is 445 g/mol. The van der Waals surface area contributed by atoms with Gasteiger partial charge < -0.3 is 35.3 Å². The molecule has 2 aromatic heterocycles. The van der Waals surface area contributed by atoms with Crippen LogP contribution in [0.5, 0.6) is 11.5 Å². The van der Waals surface area contributed by atoms with E-state index in [0.717, 1.165) is 0 Å². The molecule has 1 fully saturated rings. The number of nitrogens with one attached hydrogen (secondary N) is 2.